The third-order valence-corrected chi connectivity index (χ3v) is 3.21. The van der Waals surface area contributed by atoms with Gasteiger partial charge in [-0.1, -0.05) is 24.9 Å². The molecule has 1 aromatic carbocycles. The highest BCUT2D eigenvalue weighted by Crippen LogP contribution is 2.46. The average molecular weight is 229 g/mol. The maximum Gasteiger partial charge on any atom is 0.157 e. The third kappa shape index (κ3) is 1.20. The van der Waals surface area contributed by atoms with Crippen molar-refractivity contribution in [2.75, 3.05) is 16.3 Å². The number of thiol groups is 1. The molecule has 3 nitrogen and oxygen atoms in total. The van der Waals surface area contributed by atoms with E-state index in [1.165, 1.54) is 0 Å². The van der Waals surface area contributed by atoms with E-state index >= 15 is 0 Å². The molecule has 0 N–H and O–H groups in total. The molecule has 0 amide bonds. The van der Waals surface area contributed by atoms with Crippen molar-refractivity contribution in [2.45, 2.75) is 0 Å². The number of rotatable bonds is 0. The molecule has 1 aromatic heterocycles. The van der Waals surface area contributed by atoms with Crippen molar-refractivity contribution in [1.82, 2.24) is 4.98 Å². The summed E-state index contributed by atoms with van der Waals surface area (Å²) in [5.41, 5.74) is 3.20. The Labute approximate surface area is 99.9 Å². The Hall–Kier alpha value is -1.68. The van der Waals surface area contributed by atoms with E-state index in [9.17, 15) is 0 Å². The lowest BCUT2D eigenvalue weighted by Gasteiger charge is -2.34. The maximum absolute atomic E-state index is 4.53. The first-order valence-corrected chi connectivity index (χ1v) is 5.46. The topological polar surface area (TPSA) is 19.4 Å². The molecule has 0 fully saturated rings. The van der Waals surface area contributed by atoms with Crippen LogP contribution in [0.1, 0.15) is 0 Å². The van der Waals surface area contributed by atoms with E-state index in [0.29, 0.717) is 0 Å². The van der Waals surface area contributed by atoms with E-state index in [0.717, 1.165) is 22.9 Å². The molecular weight excluding hydrogens is 218 g/mol. The van der Waals surface area contributed by atoms with E-state index in [1.807, 2.05) is 35.6 Å². The van der Waals surface area contributed by atoms with Crippen LogP contribution < -0.4 is 9.21 Å². The molecule has 0 radical (unpaired) electrons. The zero-order valence-corrected chi connectivity index (χ0v) is 9.72. The van der Waals surface area contributed by atoms with Crippen molar-refractivity contribution in [3.05, 3.63) is 42.6 Å². The highest BCUT2D eigenvalue weighted by Gasteiger charge is 2.24. The molecule has 3 rings (SSSR count). The van der Waals surface area contributed by atoms with Crippen LogP contribution in [0, 0.1) is 0 Å². The Bertz CT molecular complexity index is 446. The van der Waals surface area contributed by atoms with Gasteiger partial charge in [-0.15, -0.1) is 0 Å². The van der Waals surface area contributed by atoms with Crippen LogP contribution in [0.15, 0.2) is 42.6 Å². The number of hydrogen-bond acceptors (Lipinski definition) is 4. The largest absolute Gasteiger partial charge is 0.326 e. The van der Waals surface area contributed by atoms with Crippen LogP contribution in [-0.4, -0.2) is 12.0 Å². The predicted octanol–water partition coefficient (Wildman–Crippen LogP) is 3.15. The third-order valence-electron chi connectivity index (χ3n) is 2.78. The lowest BCUT2D eigenvalue weighted by Crippen LogP contribution is -2.22. The monoisotopic (exact) mass is 229 g/mol. The van der Waals surface area contributed by atoms with Crippen molar-refractivity contribution in [3.8, 4) is 0 Å². The summed E-state index contributed by atoms with van der Waals surface area (Å²) >= 11 is 4.53. The van der Waals surface area contributed by atoms with Gasteiger partial charge in [0.15, 0.2) is 5.82 Å². The summed E-state index contributed by atoms with van der Waals surface area (Å²) in [7, 11) is 2.02. The van der Waals surface area contributed by atoms with Gasteiger partial charge in [-0.3, -0.25) is 4.31 Å². The fraction of sp³-hybridized carbons (Fsp3) is 0.0833. The second-order valence-electron chi connectivity index (χ2n) is 3.71. The molecule has 16 heavy (non-hydrogen) atoms. The molecule has 4 heteroatoms. The highest BCUT2D eigenvalue weighted by atomic mass is 32.1. The van der Waals surface area contributed by atoms with E-state index in [-0.39, 0.29) is 0 Å². The minimum atomic E-state index is 0.927. The van der Waals surface area contributed by atoms with Crippen molar-refractivity contribution in [2.24, 2.45) is 0 Å². The maximum atomic E-state index is 4.53. The van der Waals surface area contributed by atoms with E-state index in [4.69, 9.17) is 0 Å². The van der Waals surface area contributed by atoms with E-state index in [2.05, 4.69) is 34.8 Å². The van der Waals surface area contributed by atoms with E-state index < -0.39 is 0 Å². The van der Waals surface area contributed by atoms with Crippen LogP contribution in [-0.2, 0) is 0 Å². The molecule has 0 bridgehead atoms. The van der Waals surface area contributed by atoms with Gasteiger partial charge in [0.1, 0.15) is 0 Å². The van der Waals surface area contributed by atoms with Gasteiger partial charge in [0, 0.05) is 13.2 Å². The number of hydrogen-bond donors (Lipinski definition) is 1. The SMILES string of the molecule is CN1c2ccccc2N(S)c2cccnc21. The summed E-state index contributed by atoms with van der Waals surface area (Å²) < 4.78 is 1.87. The average Bonchev–Trinajstić information content (AvgIpc) is 2.36. The number of anilines is 4. The first-order chi connectivity index (χ1) is 7.79. The second-order valence-corrected chi connectivity index (χ2v) is 4.11. The molecule has 0 atom stereocenters. The predicted molar refractivity (Wildman–Crippen MR) is 69.9 cm³/mol. The van der Waals surface area contributed by atoms with Gasteiger partial charge in [0.2, 0.25) is 0 Å². The Morgan fingerprint density at radius 2 is 1.69 bits per heavy atom. The van der Waals surface area contributed by atoms with Gasteiger partial charge in [-0.25, -0.2) is 4.98 Å². The molecule has 0 saturated heterocycles. The van der Waals surface area contributed by atoms with Crippen LogP contribution in [0.25, 0.3) is 0 Å². The Morgan fingerprint density at radius 1 is 1.00 bits per heavy atom. The summed E-state index contributed by atoms with van der Waals surface area (Å²) in [4.78, 5) is 6.47. The molecule has 1 aliphatic heterocycles. The Balaban J connectivity index is 2.26. The summed E-state index contributed by atoms with van der Waals surface area (Å²) in [5, 5.41) is 0. The van der Waals surface area contributed by atoms with E-state index in [1.54, 1.807) is 6.20 Å². The minimum Gasteiger partial charge on any atom is -0.326 e. The molecule has 0 aliphatic carbocycles. The molecular formula is C12H11N3S. The molecule has 2 aromatic rings. The van der Waals surface area contributed by atoms with Gasteiger partial charge in [-0.2, -0.15) is 0 Å². The molecule has 0 spiro atoms. The smallest absolute Gasteiger partial charge is 0.157 e. The van der Waals surface area contributed by atoms with Crippen molar-refractivity contribution in [1.29, 1.82) is 0 Å². The number of benzene rings is 1. The van der Waals surface area contributed by atoms with Crippen molar-refractivity contribution in [3.63, 3.8) is 0 Å². The summed E-state index contributed by atoms with van der Waals surface area (Å²) in [5.74, 6) is 0.927. The zero-order chi connectivity index (χ0) is 11.1. The minimum absolute atomic E-state index is 0.927. The van der Waals surface area contributed by atoms with Gasteiger partial charge in [-0.05, 0) is 24.3 Å². The van der Waals surface area contributed by atoms with Gasteiger partial charge in [0.05, 0.1) is 17.1 Å². The number of para-hydroxylation sites is 2. The second kappa shape index (κ2) is 3.42. The molecule has 0 unspecified atom stereocenters. The first-order valence-electron chi connectivity index (χ1n) is 5.06. The van der Waals surface area contributed by atoms with Crippen LogP contribution >= 0.6 is 12.8 Å². The van der Waals surface area contributed by atoms with Gasteiger partial charge in [0.25, 0.3) is 0 Å². The highest BCUT2D eigenvalue weighted by molar-refractivity contribution is 7.82. The summed E-state index contributed by atoms with van der Waals surface area (Å²) in [6.07, 6.45) is 1.80. The van der Waals surface area contributed by atoms with Gasteiger partial charge < -0.3 is 4.90 Å². The van der Waals surface area contributed by atoms with Crippen LogP contribution in [0.2, 0.25) is 0 Å². The lowest BCUT2D eigenvalue weighted by atomic mass is 10.2. The van der Waals surface area contributed by atoms with Crippen LogP contribution in [0.3, 0.4) is 0 Å². The first kappa shape index (κ1) is 9.54. The summed E-state index contributed by atoms with van der Waals surface area (Å²) in [6, 6.07) is 12.1. The summed E-state index contributed by atoms with van der Waals surface area (Å²) in [6.45, 7) is 0. The number of aromatic nitrogens is 1. The fourth-order valence-corrected chi connectivity index (χ4v) is 2.31. The Kier molecular flexibility index (Phi) is 2.04. The fourth-order valence-electron chi connectivity index (χ4n) is 1.98. The molecule has 1 aliphatic rings. The van der Waals surface area contributed by atoms with Crippen molar-refractivity contribution >= 4 is 35.7 Å². The number of pyridine rings is 1. The molecule has 2 heterocycles. The molecule has 0 saturated carbocycles. The lowest BCUT2D eigenvalue weighted by molar-refractivity contribution is 1.09. The number of nitrogens with zero attached hydrogens (tertiary/aromatic N) is 3. The standard InChI is InChI=1S/C12H11N3S/c1-14-9-5-2-3-6-10(9)15(16)11-7-4-8-13-12(11)14/h2-8,16H,1H3. The van der Waals surface area contributed by atoms with Gasteiger partial charge >= 0.3 is 0 Å². The zero-order valence-electron chi connectivity index (χ0n) is 8.83. The van der Waals surface area contributed by atoms with Crippen LogP contribution in [0.4, 0.5) is 22.9 Å². The quantitative estimate of drug-likeness (QED) is 0.700. The normalized spacial score (nSPS) is 13.4. The number of fused-ring (bicyclic) bond motifs is 2. The van der Waals surface area contributed by atoms with Crippen molar-refractivity contribution < 1.29 is 0 Å². The Morgan fingerprint density at radius 3 is 2.50 bits per heavy atom. The molecule has 80 valence electrons. The van der Waals surface area contributed by atoms with Crippen LogP contribution in [0.5, 0.6) is 0 Å².